The molecule has 0 spiro atoms. The predicted octanol–water partition coefficient (Wildman–Crippen LogP) is 3.11. The van der Waals surface area contributed by atoms with Crippen LogP contribution < -0.4 is 5.32 Å². The van der Waals surface area contributed by atoms with Crippen LogP contribution in [0.3, 0.4) is 0 Å². The largest absolute Gasteiger partial charge is 0.481 e. The standard InChI is InChI=1S/C22H29N3O3/c23-16-20(22(28)24-12-6-2-5-9-21(26)27)17-25-13-10-19(11-14-25)15-18-7-3-1-4-8-18/h1,3-4,7-8,17,19H,2,5-6,9-15H2,(H,24,28)(H,26,27)/b20-17-. The molecule has 1 saturated heterocycles. The highest BCUT2D eigenvalue weighted by atomic mass is 16.4. The van der Waals surface area contributed by atoms with E-state index in [2.05, 4.69) is 34.5 Å². The monoisotopic (exact) mass is 383 g/mol. The molecule has 1 heterocycles. The Hall–Kier alpha value is -2.81. The third-order valence-electron chi connectivity index (χ3n) is 5.05. The van der Waals surface area contributed by atoms with Crippen LogP contribution in [0.15, 0.2) is 42.1 Å². The molecular formula is C22H29N3O3. The van der Waals surface area contributed by atoms with Crippen LogP contribution in [0, 0.1) is 17.2 Å². The van der Waals surface area contributed by atoms with Gasteiger partial charge >= 0.3 is 5.97 Å². The van der Waals surface area contributed by atoms with E-state index in [1.54, 1.807) is 6.20 Å². The van der Waals surface area contributed by atoms with Gasteiger partial charge in [-0.25, -0.2) is 0 Å². The van der Waals surface area contributed by atoms with Crippen molar-refractivity contribution in [3.8, 4) is 6.07 Å². The Morgan fingerprint density at radius 1 is 1.18 bits per heavy atom. The second-order valence-corrected chi connectivity index (χ2v) is 7.28. The van der Waals surface area contributed by atoms with E-state index in [1.165, 1.54) is 5.56 Å². The van der Waals surface area contributed by atoms with E-state index in [1.807, 2.05) is 12.1 Å². The zero-order valence-corrected chi connectivity index (χ0v) is 16.3. The summed E-state index contributed by atoms with van der Waals surface area (Å²) >= 11 is 0. The first kappa shape index (κ1) is 21.5. The first-order valence-corrected chi connectivity index (χ1v) is 9.98. The molecule has 1 aromatic carbocycles. The fourth-order valence-corrected chi connectivity index (χ4v) is 3.43. The number of carbonyl (C=O) groups excluding carboxylic acids is 1. The van der Waals surface area contributed by atoms with Crippen molar-refractivity contribution in [3.63, 3.8) is 0 Å². The summed E-state index contributed by atoms with van der Waals surface area (Å²) in [6.45, 7) is 2.16. The number of rotatable bonds is 10. The van der Waals surface area contributed by atoms with Crippen LogP contribution in [-0.2, 0) is 16.0 Å². The predicted molar refractivity (Wildman–Crippen MR) is 107 cm³/mol. The molecule has 2 N–H and O–H groups in total. The van der Waals surface area contributed by atoms with Gasteiger partial charge in [0, 0.05) is 32.3 Å². The van der Waals surface area contributed by atoms with Gasteiger partial charge in [0.15, 0.2) is 0 Å². The lowest BCUT2D eigenvalue weighted by molar-refractivity contribution is -0.137. The van der Waals surface area contributed by atoms with Gasteiger partial charge in [-0.3, -0.25) is 9.59 Å². The number of amides is 1. The summed E-state index contributed by atoms with van der Waals surface area (Å²) in [6, 6.07) is 12.5. The minimum Gasteiger partial charge on any atom is -0.481 e. The Bertz CT molecular complexity index is 701. The number of carboxylic acid groups (broad SMARTS) is 1. The summed E-state index contributed by atoms with van der Waals surface area (Å²) in [6.07, 6.45) is 7.06. The number of unbranched alkanes of at least 4 members (excludes halogenated alkanes) is 2. The van der Waals surface area contributed by atoms with Gasteiger partial charge in [0.05, 0.1) is 0 Å². The summed E-state index contributed by atoms with van der Waals surface area (Å²) in [5.41, 5.74) is 1.49. The maximum Gasteiger partial charge on any atom is 0.303 e. The van der Waals surface area contributed by atoms with E-state index in [9.17, 15) is 14.9 Å². The highest BCUT2D eigenvalue weighted by molar-refractivity contribution is 5.97. The van der Waals surface area contributed by atoms with E-state index in [4.69, 9.17) is 5.11 Å². The van der Waals surface area contributed by atoms with Gasteiger partial charge in [-0.05, 0) is 43.6 Å². The Morgan fingerprint density at radius 2 is 1.89 bits per heavy atom. The SMILES string of the molecule is N#C/C(=C/N1CCC(Cc2ccccc2)CC1)C(=O)NCCCCCC(=O)O. The van der Waals surface area contributed by atoms with Crippen LogP contribution in [0.25, 0.3) is 0 Å². The molecule has 1 aliphatic heterocycles. The molecule has 2 rings (SSSR count). The molecule has 0 atom stereocenters. The van der Waals surface area contributed by atoms with Gasteiger partial charge < -0.3 is 15.3 Å². The third kappa shape index (κ3) is 7.83. The lowest BCUT2D eigenvalue weighted by Crippen LogP contribution is -2.32. The van der Waals surface area contributed by atoms with Crippen molar-refractivity contribution in [2.45, 2.75) is 44.9 Å². The Morgan fingerprint density at radius 3 is 2.54 bits per heavy atom. The maximum atomic E-state index is 12.2. The summed E-state index contributed by atoms with van der Waals surface area (Å²) in [5.74, 6) is -0.518. The van der Waals surface area contributed by atoms with Crippen LogP contribution in [0.2, 0.25) is 0 Å². The topological polar surface area (TPSA) is 93.4 Å². The lowest BCUT2D eigenvalue weighted by atomic mass is 9.90. The molecule has 6 heteroatoms. The van der Waals surface area contributed by atoms with Crippen molar-refractivity contribution in [3.05, 3.63) is 47.7 Å². The van der Waals surface area contributed by atoms with Gasteiger partial charge in [-0.15, -0.1) is 0 Å². The number of carbonyl (C=O) groups is 2. The van der Waals surface area contributed by atoms with E-state index >= 15 is 0 Å². The maximum absolute atomic E-state index is 12.2. The van der Waals surface area contributed by atoms with Gasteiger partial charge in [0.2, 0.25) is 0 Å². The number of likely N-dealkylation sites (tertiary alicyclic amines) is 1. The number of nitrogens with zero attached hydrogens (tertiary/aromatic N) is 2. The van der Waals surface area contributed by atoms with Crippen LogP contribution in [-0.4, -0.2) is 41.5 Å². The molecule has 1 aromatic rings. The first-order valence-electron chi connectivity index (χ1n) is 9.98. The molecule has 0 radical (unpaired) electrons. The molecule has 1 fully saturated rings. The van der Waals surface area contributed by atoms with Crippen LogP contribution in [0.1, 0.15) is 44.1 Å². The molecule has 0 bridgehead atoms. The number of nitriles is 1. The zero-order chi connectivity index (χ0) is 20.2. The normalized spacial score (nSPS) is 15.1. The number of piperidine rings is 1. The average molecular weight is 383 g/mol. The highest BCUT2D eigenvalue weighted by Crippen LogP contribution is 2.22. The molecule has 0 unspecified atom stereocenters. The van der Waals surface area contributed by atoms with Crippen molar-refractivity contribution in [2.24, 2.45) is 5.92 Å². The zero-order valence-electron chi connectivity index (χ0n) is 16.3. The second kappa shape index (κ2) is 11.8. The quantitative estimate of drug-likeness (QED) is 0.368. The van der Waals surface area contributed by atoms with Crippen molar-refractivity contribution < 1.29 is 14.7 Å². The molecule has 1 aliphatic rings. The summed E-state index contributed by atoms with van der Waals surface area (Å²) < 4.78 is 0. The second-order valence-electron chi connectivity index (χ2n) is 7.28. The number of aliphatic carboxylic acids is 1. The van der Waals surface area contributed by atoms with Crippen LogP contribution >= 0.6 is 0 Å². The molecule has 0 aliphatic carbocycles. The van der Waals surface area contributed by atoms with E-state index in [0.717, 1.165) is 38.8 Å². The number of nitrogens with one attached hydrogen (secondary N) is 1. The summed E-state index contributed by atoms with van der Waals surface area (Å²) in [5, 5.41) is 20.6. The smallest absolute Gasteiger partial charge is 0.303 e. The Labute approximate surface area is 166 Å². The van der Waals surface area contributed by atoms with E-state index < -0.39 is 5.97 Å². The number of hydrogen-bond acceptors (Lipinski definition) is 4. The minimum atomic E-state index is -0.800. The molecule has 1 amide bonds. The van der Waals surface area contributed by atoms with Gasteiger partial charge in [-0.2, -0.15) is 5.26 Å². The average Bonchev–Trinajstić information content (AvgIpc) is 2.70. The third-order valence-corrected chi connectivity index (χ3v) is 5.05. The summed E-state index contributed by atoms with van der Waals surface area (Å²) in [4.78, 5) is 24.7. The molecular weight excluding hydrogens is 354 g/mol. The number of hydrogen-bond donors (Lipinski definition) is 2. The molecule has 0 saturated carbocycles. The van der Waals surface area contributed by atoms with Crippen molar-refractivity contribution >= 4 is 11.9 Å². The van der Waals surface area contributed by atoms with Crippen molar-refractivity contribution in [2.75, 3.05) is 19.6 Å². The van der Waals surface area contributed by atoms with Gasteiger partial charge in [-0.1, -0.05) is 36.8 Å². The minimum absolute atomic E-state index is 0.132. The number of benzene rings is 1. The molecule has 6 nitrogen and oxygen atoms in total. The van der Waals surface area contributed by atoms with E-state index in [-0.39, 0.29) is 17.9 Å². The number of carboxylic acids is 1. The fraction of sp³-hybridized carbons (Fsp3) is 0.500. The molecule has 28 heavy (non-hydrogen) atoms. The van der Waals surface area contributed by atoms with Gasteiger partial charge in [0.25, 0.3) is 5.91 Å². The van der Waals surface area contributed by atoms with E-state index in [0.29, 0.717) is 25.3 Å². The first-order chi connectivity index (χ1) is 13.6. The van der Waals surface area contributed by atoms with Crippen LogP contribution in [0.4, 0.5) is 0 Å². The Kier molecular flexibility index (Phi) is 9.06. The Balaban J connectivity index is 1.71. The molecule has 150 valence electrons. The summed E-state index contributed by atoms with van der Waals surface area (Å²) in [7, 11) is 0. The highest BCUT2D eigenvalue weighted by Gasteiger charge is 2.19. The fourth-order valence-electron chi connectivity index (χ4n) is 3.43. The van der Waals surface area contributed by atoms with Crippen molar-refractivity contribution in [1.82, 2.24) is 10.2 Å². The van der Waals surface area contributed by atoms with Gasteiger partial charge in [0.1, 0.15) is 11.6 Å². The lowest BCUT2D eigenvalue weighted by Gasteiger charge is -2.31. The molecule has 0 aromatic heterocycles. The van der Waals surface area contributed by atoms with Crippen molar-refractivity contribution in [1.29, 1.82) is 5.26 Å². The van der Waals surface area contributed by atoms with Crippen LogP contribution in [0.5, 0.6) is 0 Å².